The molecule has 2 aromatic carbocycles. The smallest absolute Gasteiger partial charge is 0.261 e. The normalized spacial score (nSPS) is 10.5. The maximum Gasteiger partial charge on any atom is 0.261 e. The van der Waals surface area contributed by atoms with E-state index in [1.807, 2.05) is 38.1 Å². The molecule has 156 valence electrons. The van der Waals surface area contributed by atoms with Crippen molar-refractivity contribution in [2.45, 2.75) is 39.7 Å². The summed E-state index contributed by atoms with van der Waals surface area (Å²) in [5.74, 6) is 0.857. The highest BCUT2D eigenvalue weighted by molar-refractivity contribution is 5.94. The fraction of sp³-hybridized carbons (Fsp3) is 0.391. The second-order valence-corrected chi connectivity index (χ2v) is 7.07. The first-order chi connectivity index (χ1) is 13.9. The lowest BCUT2D eigenvalue weighted by Crippen LogP contribution is -2.44. The second-order valence-electron chi connectivity index (χ2n) is 7.07. The van der Waals surface area contributed by atoms with Crippen LogP contribution in [0, 0.1) is 0 Å². The number of anilines is 1. The molecule has 6 heteroatoms. The van der Waals surface area contributed by atoms with Crippen molar-refractivity contribution in [3.05, 3.63) is 54.1 Å². The lowest BCUT2D eigenvalue weighted by molar-refractivity contribution is -0.138. The summed E-state index contributed by atoms with van der Waals surface area (Å²) < 4.78 is 10.7. The average Bonchev–Trinajstić information content (AvgIpc) is 2.72. The third-order valence-corrected chi connectivity index (χ3v) is 4.46. The van der Waals surface area contributed by atoms with Crippen molar-refractivity contribution in [2.75, 3.05) is 25.6 Å². The number of ether oxygens (including phenoxy) is 2. The first-order valence-corrected chi connectivity index (χ1v) is 9.88. The number of hydrogen-bond donors (Lipinski definition) is 1. The van der Waals surface area contributed by atoms with E-state index in [9.17, 15) is 9.59 Å². The minimum Gasteiger partial charge on any atom is -0.497 e. The van der Waals surface area contributed by atoms with Crippen molar-refractivity contribution in [1.82, 2.24) is 4.90 Å². The van der Waals surface area contributed by atoms with Crippen molar-refractivity contribution in [3.8, 4) is 11.5 Å². The Bertz CT molecular complexity index is 786. The van der Waals surface area contributed by atoms with Crippen LogP contribution in [0.4, 0.5) is 5.69 Å². The third-order valence-electron chi connectivity index (χ3n) is 4.46. The second kappa shape index (κ2) is 11.1. The molecule has 1 N–H and O–H groups in total. The molecule has 2 amide bonds. The lowest BCUT2D eigenvalue weighted by atomic mass is 10.1. The molecule has 0 heterocycles. The molecule has 0 aliphatic heterocycles. The molecule has 0 unspecified atom stereocenters. The first kappa shape index (κ1) is 22.3. The predicted octanol–water partition coefficient (Wildman–Crippen LogP) is 3.90. The Kier molecular flexibility index (Phi) is 8.52. The van der Waals surface area contributed by atoms with Crippen LogP contribution >= 0.6 is 0 Å². The zero-order valence-electron chi connectivity index (χ0n) is 17.6. The SMILES string of the molecule is CCCc1ccc(OCC(=O)N(CC(=O)Nc2ccc(OC)cc2)C(C)C)cc1. The van der Waals surface area contributed by atoms with Crippen LogP contribution < -0.4 is 14.8 Å². The van der Waals surface area contributed by atoms with Gasteiger partial charge in [-0.25, -0.2) is 0 Å². The Morgan fingerprint density at radius 3 is 2.17 bits per heavy atom. The molecule has 0 aromatic heterocycles. The van der Waals surface area contributed by atoms with Gasteiger partial charge in [0, 0.05) is 11.7 Å². The number of aryl methyl sites for hydroxylation is 1. The van der Waals surface area contributed by atoms with Gasteiger partial charge in [0.05, 0.1) is 7.11 Å². The van der Waals surface area contributed by atoms with E-state index in [1.165, 1.54) is 10.5 Å². The number of nitrogens with one attached hydrogen (secondary N) is 1. The molecule has 0 aliphatic carbocycles. The number of carbonyl (C=O) groups excluding carboxylic acids is 2. The molecule has 0 saturated carbocycles. The Hall–Kier alpha value is -3.02. The highest BCUT2D eigenvalue weighted by Crippen LogP contribution is 2.16. The van der Waals surface area contributed by atoms with E-state index in [0.717, 1.165) is 12.8 Å². The fourth-order valence-corrected chi connectivity index (χ4v) is 2.86. The molecule has 29 heavy (non-hydrogen) atoms. The highest BCUT2D eigenvalue weighted by Gasteiger charge is 2.20. The summed E-state index contributed by atoms with van der Waals surface area (Å²) >= 11 is 0. The number of rotatable bonds is 10. The van der Waals surface area contributed by atoms with Gasteiger partial charge < -0.3 is 19.7 Å². The molecule has 0 aliphatic rings. The molecule has 2 rings (SSSR count). The van der Waals surface area contributed by atoms with Gasteiger partial charge in [-0.05, 0) is 62.2 Å². The number of amides is 2. The summed E-state index contributed by atoms with van der Waals surface area (Å²) in [5.41, 5.74) is 1.89. The van der Waals surface area contributed by atoms with Crippen LogP contribution in [-0.4, -0.2) is 43.0 Å². The molecule has 0 atom stereocenters. The standard InChI is InChI=1S/C23H30N2O4/c1-5-6-18-7-11-21(12-8-18)29-16-23(27)25(17(2)3)15-22(26)24-19-9-13-20(28-4)14-10-19/h7-14,17H,5-6,15-16H2,1-4H3,(H,24,26). The minimum absolute atomic E-state index is 0.0404. The summed E-state index contributed by atoms with van der Waals surface area (Å²) in [6.45, 7) is 5.73. The number of benzene rings is 2. The van der Waals surface area contributed by atoms with Crippen LogP contribution in [-0.2, 0) is 16.0 Å². The number of hydrogen-bond acceptors (Lipinski definition) is 4. The molecule has 0 saturated heterocycles. The highest BCUT2D eigenvalue weighted by atomic mass is 16.5. The third kappa shape index (κ3) is 7.14. The van der Waals surface area contributed by atoms with Gasteiger partial charge in [-0.15, -0.1) is 0 Å². The van der Waals surface area contributed by atoms with E-state index in [2.05, 4.69) is 12.2 Å². The molecule has 0 radical (unpaired) electrons. The van der Waals surface area contributed by atoms with Crippen LogP contribution in [0.25, 0.3) is 0 Å². The zero-order chi connectivity index (χ0) is 21.2. The van der Waals surface area contributed by atoms with Gasteiger partial charge >= 0.3 is 0 Å². The zero-order valence-corrected chi connectivity index (χ0v) is 17.6. The minimum atomic E-state index is -0.263. The quantitative estimate of drug-likeness (QED) is 0.659. The molecular weight excluding hydrogens is 368 g/mol. The molecule has 0 bridgehead atoms. The van der Waals surface area contributed by atoms with Crippen LogP contribution in [0.2, 0.25) is 0 Å². The average molecular weight is 399 g/mol. The molecule has 6 nitrogen and oxygen atoms in total. The summed E-state index contributed by atoms with van der Waals surface area (Å²) in [4.78, 5) is 26.5. The van der Waals surface area contributed by atoms with E-state index >= 15 is 0 Å². The van der Waals surface area contributed by atoms with Gasteiger partial charge in [0.25, 0.3) is 5.91 Å². The summed E-state index contributed by atoms with van der Waals surface area (Å²) in [5, 5.41) is 2.80. The Balaban J connectivity index is 1.89. The van der Waals surface area contributed by atoms with Crippen LogP contribution in [0.3, 0.4) is 0 Å². The van der Waals surface area contributed by atoms with Gasteiger partial charge in [-0.3, -0.25) is 9.59 Å². The van der Waals surface area contributed by atoms with Crippen LogP contribution in [0.15, 0.2) is 48.5 Å². The van der Waals surface area contributed by atoms with Crippen molar-refractivity contribution in [2.24, 2.45) is 0 Å². The maximum absolute atomic E-state index is 12.6. The fourth-order valence-electron chi connectivity index (χ4n) is 2.86. The van der Waals surface area contributed by atoms with Gasteiger partial charge in [0.15, 0.2) is 6.61 Å². The van der Waals surface area contributed by atoms with E-state index in [4.69, 9.17) is 9.47 Å². The van der Waals surface area contributed by atoms with Gasteiger partial charge in [-0.1, -0.05) is 25.5 Å². The van der Waals surface area contributed by atoms with Gasteiger partial charge in [-0.2, -0.15) is 0 Å². The summed E-state index contributed by atoms with van der Waals surface area (Å²) in [6.07, 6.45) is 2.10. The van der Waals surface area contributed by atoms with Crippen molar-refractivity contribution in [1.29, 1.82) is 0 Å². The molecule has 0 fully saturated rings. The summed E-state index contributed by atoms with van der Waals surface area (Å²) in [7, 11) is 1.58. The summed E-state index contributed by atoms with van der Waals surface area (Å²) in [6, 6.07) is 14.7. The van der Waals surface area contributed by atoms with Crippen LogP contribution in [0.5, 0.6) is 11.5 Å². The van der Waals surface area contributed by atoms with Crippen LogP contribution in [0.1, 0.15) is 32.8 Å². The van der Waals surface area contributed by atoms with Gasteiger partial charge in [0.2, 0.25) is 5.91 Å². The Morgan fingerprint density at radius 2 is 1.62 bits per heavy atom. The van der Waals surface area contributed by atoms with E-state index in [0.29, 0.717) is 17.2 Å². The topological polar surface area (TPSA) is 67.9 Å². The maximum atomic E-state index is 12.6. The van der Waals surface area contributed by atoms with E-state index in [-0.39, 0.29) is 31.0 Å². The number of carbonyl (C=O) groups is 2. The lowest BCUT2D eigenvalue weighted by Gasteiger charge is -2.26. The monoisotopic (exact) mass is 398 g/mol. The largest absolute Gasteiger partial charge is 0.497 e. The van der Waals surface area contributed by atoms with Crippen molar-refractivity contribution >= 4 is 17.5 Å². The number of nitrogens with zero attached hydrogens (tertiary/aromatic N) is 1. The molecular formula is C23H30N2O4. The first-order valence-electron chi connectivity index (χ1n) is 9.88. The van der Waals surface area contributed by atoms with E-state index in [1.54, 1.807) is 31.4 Å². The van der Waals surface area contributed by atoms with Crippen molar-refractivity contribution < 1.29 is 19.1 Å². The predicted molar refractivity (Wildman–Crippen MR) is 114 cm³/mol. The van der Waals surface area contributed by atoms with E-state index < -0.39 is 0 Å². The number of methoxy groups -OCH3 is 1. The van der Waals surface area contributed by atoms with Gasteiger partial charge in [0.1, 0.15) is 18.0 Å². The van der Waals surface area contributed by atoms with Crippen molar-refractivity contribution in [3.63, 3.8) is 0 Å². The molecule has 2 aromatic rings. The Morgan fingerprint density at radius 1 is 1.00 bits per heavy atom. The Labute approximate surface area is 172 Å². The molecule has 0 spiro atoms.